The number of carbonyl (C=O) groups is 1. The van der Waals surface area contributed by atoms with Crippen LogP contribution in [0.1, 0.15) is 23.3 Å². The van der Waals surface area contributed by atoms with Crippen molar-refractivity contribution in [3.05, 3.63) is 88.4 Å². The molecule has 2 aromatic heterocycles. The fraction of sp³-hybridized carbons (Fsp3) is 0.136. The van der Waals surface area contributed by atoms with E-state index in [0.29, 0.717) is 23.3 Å². The summed E-state index contributed by atoms with van der Waals surface area (Å²) in [5, 5.41) is 0.492. The molecule has 1 N–H and O–H groups in total. The lowest BCUT2D eigenvalue weighted by atomic mass is 10.1. The number of aromatic amines is 1. The third kappa shape index (κ3) is 3.67. The molecular formula is C22H18FN3O3. The lowest BCUT2D eigenvalue weighted by molar-refractivity contribution is 0.0717. The molecule has 1 amide bonds. The standard InChI is InChI=1S/C22H18FN3O3/c1-2-26(13-20-24-17-10-6-4-8-15(17)21(27)25-20)22(28)19-12-11-18(29-19)14-7-3-5-9-16(14)23/h3-12H,2,13H2,1H3,(H,24,25,27). The summed E-state index contributed by atoms with van der Waals surface area (Å²) in [4.78, 5) is 33.8. The van der Waals surface area contributed by atoms with Gasteiger partial charge in [0.15, 0.2) is 5.76 Å². The molecule has 0 spiro atoms. The fourth-order valence-electron chi connectivity index (χ4n) is 3.13. The van der Waals surface area contributed by atoms with Crippen molar-refractivity contribution in [3.63, 3.8) is 0 Å². The Hall–Kier alpha value is -3.74. The second kappa shape index (κ2) is 7.71. The number of nitrogens with one attached hydrogen (secondary N) is 1. The maximum Gasteiger partial charge on any atom is 0.289 e. The number of hydrogen-bond donors (Lipinski definition) is 1. The monoisotopic (exact) mass is 391 g/mol. The van der Waals surface area contributed by atoms with E-state index in [4.69, 9.17) is 4.42 Å². The number of carbonyl (C=O) groups excluding carboxylic acids is 1. The Morgan fingerprint density at radius 2 is 1.86 bits per heavy atom. The van der Waals surface area contributed by atoms with Gasteiger partial charge in [0.2, 0.25) is 0 Å². The van der Waals surface area contributed by atoms with Crippen molar-refractivity contribution in [2.75, 3.05) is 6.54 Å². The molecule has 0 bridgehead atoms. The van der Waals surface area contributed by atoms with Gasteiger partial charge in [-0.15, -0.1) is 0 Å². The minimum absolute atomic E-state index is 0.0910. The average Bonchev–Trinajstić information content (AvgIpc) is 3.22. The molecule has 0 fully saturated rings. The highest BCUT2D eigenvalue weighted by Gasteiger charge is 2.20. The highest BCUT2D eigenvalue weighted by molar-refractivity contribution is 5.92. The summed E-state index contributed by atoms with van der Waals surface area (Å²) in [5.74, 6) is -0.0465. The first-order valence-corrected chi connectivity index (χ1v) is 9.18. The van der Waals surface area contributed by atoms with Crippen LogP contribution in [-0.2, 0) is 6.54 Å². The maximum atomic E-state index is 14.0. The van der Waals surface area contributed by atoms with Crippen LogP contribution in [0, 0.1) is 5.82 Å². The van der Waals surface area contributed by atoms with Crippen molar-refractivity contribution < 1.29 is 13.6 Å². The first-order valence-electron chi connectivity index (χ1n) is 9.18. The van der Waals surface area contributed by atoms with Crippen molar-refractivity contribution in [1.82, 2.24) is 14.9 Å². The molecule has 0 aliphatic heterocycles. The molecule has 29 heavy (non-hydrogen) atoms. The van der Waals surface area contributed by atoms with Crippen LogP contribution in [0.2, 0.25) is 0 Å². The van der Waals surface area contributed by atoms with Crippen LogP contribution in [0.4, 0.5) is 4.39 Å². The van der Waals surface area contributed by atoms with Gasteiger partial charge in [0, 0.05) is 6.54 Å². The number of hydrogen-bond acceptors (Lipinski definition) is 4. The SMILES string of the molecule is CCN(Cc1nc2ccccc2c(=O)[nH]1)C(=O)c1ccc(-c2ccccc2F)o1. The summed E-state index contributed by atoms with van der Waals surface area (Å²) in [6.07, 6.45) is 0. The summed E-state index contributed by atoms with van der Waals surface area (Å²) < 4.78 is 19.6. The van der Waals surface area contributed by atoms with Gasteiger partial charge in [-0.1, -0.05) is 24.3 Å². The Morgan fingerprint density at radius 1 is 1.10 bits per heavy atom. The van der Waals surface area contributed by atoms with E-state index in [0.717, 1.165) is 0 Å². The van der Waals surface area contributed by atoms with E-state index in [9.17, 15) is 14.0 Å². The van der Waals surface area contributed by atoms with E-state index < -0.39 is 5.82 Å². The molecular weight excluding hydrogens is 373 g/mol. The summed E-state index contributed by atoms with van der Waals surface area (Å²) in [6.45, 7) is 2.31. The van der Waals surface area contributed by atoms with Gasteiger partial charge >= 0.3 is 0 Å². The number of amides is 1. The number of para-hydroxylation sites is 1. The molecule has 0 radical (unpaired) electrons. The smallest absolute Gasteiger partial charge is 0.289 e. The van der Waals surface area contributed by atoms with Crippen molar-refractivity contribution in [2.24, 2.45) is 0 Å². The van der Waals surface area contributed by atoms with Gasteiger partial charge in [-0.2, -0.15) is 0 Å². The predicted molar refractivity (Wildman–Crippen MR) is 107 cm³/mol. The minimum Gasteiger partial charge on any atom is -0.451 e. The van der Waals surface area contributed by atoms with E-state index in [-0.39, 0.29) is 35.1 Å². The van der Waals surface area contributed by atoms with Crippen molar-refractivity contribution in [2.45, 2.75) is 13.5 Å². The average molecular weight is 391 g/mol. The second-order valence-corrected chi connectivity index (χ2v) is 6.49. The molecule has 4 rings (SSSR count). The molecule has 0 saturated carbocycles. The molecule has 0 aliphatic rings. The molecule has 0 aliphatic carbocycles. The maximum absolute atomic E-state index is 14.0. The predicted octanol–water partition coefficient (Wildman–Crippen LogP) is 3.98. The largest absolute Gasteiger partial charge is 0.451 e. The molecule has 146 valence electrons. The van der Waals surface area contributed by atoms with E-state index in [1.54, 1.807) is 48.5 Å². The molecule has 7 heteroatoms. The highest BCUT2D eigenvalue weighted by Crippen LogP contribution is 2.25. The van der Waals surface area contributed by atoms with Crippen LogP contribution in [0.25, 0.3) is 22.2 Å². The lowest BCUT2D eigenvalue weighted by Crippen LogP contribution is -2.31. The summed E-state index contributed by atoms with van der Waals surface area (Å²) in [7, 11) is 0. The third-order valence-electron chi connectivity index (χ3n) is 4.63. The van der Waals surface area contributed by atoms with Crippen molar-refractivity contribution >= 4 is 16.8 Å². The van der Waals surface area contributed by atoms with Crippen LogP contribution < -0.4 is 5.56 Å². The molecule has 0 unspecified atom stereocenters. The van der Waals surface area contributed by atoms with Gasteiger partial charge in [0.25, 0.3) is 11.5 Å². The normalized spacial score (nSPS) is 11.0. The van der Waals surface area contributed by atoms with E-state index in [1.165, 1.54) is 17.0 Å². The lowest BCUT2D eigenvalue weighted by Gasteiger charge is -2.19. The molecule has 0 atom stereocenters. The first-order chi connectivity index (χ1) is 14.1. The number of fused-ring (bicyclic) bond motifs is 1. The zero-order valence-corrected chi connectivity index (χ0v) is 15.7. The Labute approximate surface area is 165 Å². The summed E-state index contributed by atoms with van der Waals surface area (Å²) in [6, 6.07) is 16.3. The van der Waals surface area contributed by atoms with Gasteiger partial charge in [-0.25, -0.2) is 9.37 Å². The number of benzene rings is 2. The van der Waals surface area contributed by atoms with Gasteiger partial charge in [0.1, 0.15) is 17.4 Å². The summed E-state index contributed by atoms with van der Waals surface area (Å²) >= 11 is 0. The van der Waals surface area contributed by atoms with Gasteiger partial charge in [-0.3, -0.25) is 9.59 Å². The molecule has 4 aromatic rings. The Morgan fingerprint density at radius 3 is 2.66 bits per heavy atom. The zero-order chi connectivity index (χ0) is 20.4. The Kier molecular flexibility index (Phi) is 4.95. The van der Waals surface area contributed by atoms with Gasteiger partial charge < -0.3 is 14.3 Å². The molecule has 2 aromatic carbocycles. The highest BCUT2D eigenvalue weighted by atomic mass is 19.1. The number of furan rings is 1. The number of nitrogens with zero attached hydrogens (tertiary/aromatic N) is 2. The quantitative estimate of drug-likeness (QED) is 0.558. The van der Waals surface area contributed by atoms with E-state index in [1.807, 2.05) is 6.92 Å². The van der Waals surface area contributed by atoms with E-state index >= 15 is 0 Å². The third-order valence-corrected chi connectivity index (χ3v) is 4.63. The zero-order valence-electron chi connectivity index (χ0n) is 15.7. The van der Waals surface area contributed by atoms with Crippen LogP contribution in [0.3, 0.4) is 0 Å². The van der Waals surface area contributed by atoms with Crippen LogP contribution in [-0.4, -0.2) is 27.3 Å². The summed E-state index contributed by atoms with van der Waals surface area (Å²) in [5.41, 5.74) is 0.596. The van der Waals surface area contributed by atoms with Crippen molar-refractivity contribution in [1.29, 1.82) is 0 Å². The topological polar surface area (TPSA) is 79.2 Å². The number of aromatic nitrogens is 2. The Balaban J connectivity index is 1.59. The van der Waals surface area contributed by atoms with Crippen LogP contribution in [0.15, 0.2) is 69.9 Å². The number of rotatable bonds is 5. The van der Waals surface area contributed by atoms with E-state index in [2.05, 4.69) is 9.97 Å². The second-order valence-electron chi connectivity index (χ2n) is 6.49. The number of H-pyrrole nitrogens is 1. The fourth-order valence-corrected chi connectivity index (χ4v) is 3.13. The van der Waals surface area contributed by atoms with Crippen LogP contribution in [0.5, 0.6) is 0 Å². The first kappa shape index (κ1) is 18.6. The van der Waals surface area contributed by atoms with Gasteiger partial charge in [-0.05, 0) is 43.3 Å². The van der Waals surface area contributed by atoms with Crippen molar-refractivity contribution in [3.8, 4) is 11.3 Å². The number of halogens is 1. The minimum atomic E-state index is -0.425. The Bertz CT molecular complexity index is 1250. The molecule has 6 nitrogen and oxygen atoms in total. The van der Waals surface area contributed by atoms with Gasteiger partial charge in [0.05, 0.1) is 23.0 Å². The van der Waals surface area contributed by atoms with Crippen LogP contribution >= 0.6 is 0 Å². The molecule has 0 saturated heterocycles. The molecule has 2 heterocycles.